The minimum absolute atomic E-state index is 0.180. The minimum atomic E-state index is -0.199. The average molecular weight is 448 g/mol. The van der Waals surface area contributed by atoms with E-state index < -0.39 is 0 Å². The maximum Gasteiger partial charge on any atom is 0.250 e. The molecule has 2 heterocycles. The number of benzene rings is 2. The van der Waals surface area contributed by atoms with Gasteiger partial charge in [-0.05, 0) is 43.0 Å². The molecule has 0 saturated heterocycles. The van der Waals surface area contributed by atoms with E-state index in [0.29, 0.717) is 5.16 Å². The highest BCUT2D eigenvalue weighted by atomic mass is 32.2. The Labute approximate surface area is 189 Å². The second kappa shape index (κ2) is 9.72. The Hall–Kier alpha value is -3.23. The van der Waals surface area contributed by atoms with Crippen LogP contribution in [0.15, 0.2) is 76.3 Å². The first-order valence-corrected chi connectivity index (χ1v) is 11.5. The summed E-state index contributed by atoms with van der Waals surface area (Å²) in [6, 6.07) is 20.1. The fraction of sp³-hybridized carbons (Fsp3) is 0.130. The van der Waals surface area contributed by atoms with Gasteiger partial charge in [0.1, 0.15) is 0 Å². The molecule has 1 N–H and O–H groups in total. The molecule has 31 heavy (non-hydrogen) atoms. The predicted molar refractivity (Wildman–Crippen MR) is 127 cm³/mol. The average Bonchev–Trinajstić information content (AvgIpc) is 3.39. The number of carbonyl (C=O) groups is 1. The molecule has 0 saturated carbocycles. The Morgan fingerprint density at radius 2 is 1.87 bits per heavy atom. The zero-order valence-electron chi connectivity index (χ0n) is 17.1. The number of hydrazone groups is 1. The molecular formula is C23H21N5OS2. The molecular weight excluding hydrogens is 426 g/mol. The van der Waals surface area contributed by atoms with Crippen LogP contribution in [0.5, 0.6) is 0 Å². The van der Waals surface area contributed by atoms with Gasteiger partial charge in [0, 0.05) is 16.1 Å². The molecule has 2 aromatic heterocycles. The Kier molecular flexibility index (Phi) is 6.59. The molecule has 0 radical (unpaired) electrons. The van der Waals surface area contributed by atoms with Gasteiger partial charge in [-0.25, -0.2) is 5.43 Å². The van der Waals surface area contributed by atoms with Gasteiger partial charge in [0.05, 0.1) is 12.0 Å². The molecule has 4 aromatic rings. The summed E-state index contributed by atoms with van der Waals surface area (Å²) in [6.07, 6.45) is 1.67. The molecule has 0 atom stereocenters. The van der Waals surface area contributed by atoms with E-state index in [1.54, 1.807) is 17.6 Å². The highest BCUT2D eigenvalue weighted by molar-refractivity contribution is 7.99. The lowest BCUT2D eigenvalue weighted by molar-refractivity contribution is -0.118. The Balaban J connectivity index is 1.51. The molecule has 0 aliphatic carbocycles. The quantitative estimate of drug-likeness (QED) is 0.250. The SMILES string of the molecule is Cc1ccc(-c2nnc(SCC(=O)N/N=C\c3sccc3C)n2-c2ccccc2)cc1. The van der Waals surface area contributed by atoms with Crippen LogP contribution in [-0.4, -0.2) is 32.6 Å². The summed E-state index contributed by atoms with van der Waals surface area (Å²) < 4.78 is 1.97. The van der Waals surface area contributed by atoms with E-state index in [1.165, 1.54) is 17.3 Å². The summed E-state index contributed by atoms with van der Waals surface area (Å²) in [5.74, 6) is 0.717. The van der Waals surface area contributed by atoms with Gasteiger partial charge in [-0.2, -0.15) is 5.10 Å². The molecule has 8 heteroatoms. The van der Waals surface area contributed by atoms with E-state index in [2.05, 4.69) is 20.7 Å². The number of thiophene rings is 1. The third-order valence-electron chi connectivity index (χ3n) is 4.56. The second-order valence-electron chi connectivity index (χ2n) is 6.89. The van der Waals surface area contributed by atoms with Crippen LogP contribution in [-0.2, 0) is 4.79 Å². The van der Waals surface area contributed by atoms with E-state index in [-0.39, 0.29) is 11.7 Å². The van der Waals surface area contributed by atoms with Gasteiger partial charge in [-0.15, -0.1) is 21.5 Å². The van der Waals surface area contributed by atoms with Gasteiger partial charge in [0.15, 0.2) is 11.0 Å². The first-order valence-electron chi connectivity index (χ1n) is 9.68. The van der Waals surface area contributed by atoms with Crippen LogP contribution in [0.1, 0.15) is 16.0 Å². The fourth-order valence-corrected chi connectivity index (χ4v) is 4.44. The largest absolute Gasteiger partial charge is 0.272 e. The fourth-order valence-electron chi connectivity index (χ4n) is 2.90. The van der Waals surface area contributed by atoms with Crippen molar-refractivity contribution < 1.29 is 4.79 Å². The molecule has 0 bridgehead atoms. The molecule has 0 fully saturated rings. The Morgan fingerprint density at radius 1 is 1.10 bits per heavy atom. The highest BCUT2D eigenvalue weighted by Gasteiger charge is 2.17. The van der Waals surface area contributed by atoms with Crippen LogP contribution < -0.4 is 5.43 Å². The number of amides is 1. The summed E-state index contributed by atoms with van der Waals surface area (Å²) >= 11 is 2.91. The van der Waals surface area contributed by atoms with Gasteiger partial charge < -0.3 is 0 Å². The molecule has 0 spiro atoms. The molecule has 0 unspecified atom stereocenters. The summed E-state index contributed by atoms with van der Waals surface area (Å²) in [5, 5.41) is 15.5. The standard InChI is InChI=1S/C23H21N5OS2/c1-16-8-10-18(11-9-16)22-26-27-23(28(22)19-6-4-3-5-7-19)31-15-21(29)25-24-14-20-17(2)12-13-30-20/h3-14H,15H2,1-2H3,(H,25,29)/b24-14-. The number of nitrogens with zero attached hydrogens (tertiary/aromatic N) is 4. The van der Waals surface area contributed by atoms with Crippen LogP contribution in [0.2, 0.25) is 0 Å². The smallest absolute Gasteiger partial charge is 0.250 e. The van der Waals surface area contributed by atoms with Crippen LogP contribution >= 0.6 is 23.1 Å². The Morgan fingerprint density at radius 3 is 2.58 bits per heavy atom. The summed E-state index contributed by atoms with van der Waals surface area (Å²) in [7, 11) is 0. The van der Waals surface area contributed by atoms with Gasteiger partial charge in [0.25, 0.3) is 5.91 Å². The summed E-state index contributed by atoms with van der Waals surface area (Å²) in [5.41, 5.74) is 6.81. The van der Waals surface area contributed by atoms with Crippen molar-refractivity contribution in [2.45, 2.75) is 19.0 Å². The maximum absolute atomic E-state index is 12.3. The molecule has 156 valence electrons. The predicted octanol–water partition coefficient (Wildman–Crippen LogP) is 4.86. The van der Waals surface area contributed by atoms with Gasteiger partial charge in [0.2, 0.25) is 0 Å². The third-order valence-corrected chi connectivity index (χ3v) is 6.45. The number of hydrogen-bond donors (Lipinski definition) is 1. The molecule has 0 aliphatic heterocycles. The lowest BCUT2D eigenvalue weighted by Gasteiger charge is -2.10. The van der Waals surface area contributed by atoms with Crippen molar-refractivity contribution in [1.29, 1.82) is 0 Å². The van der Waals surface area contributed by atoms with E-state index in [0.717, 1.165) is 27.5 Å². The zero-order valence-corrected chi connectivity index (χ0v) is 18.8. The first kappa shape index (κ1) is 21.0. The molecule has 4 rings (SSSR count). The first-order chi connectivity index (χ1) is 15.1. The summed E-state index contributed by atoms with van der Waals surface area (Å²) in [4.78, 5) is 13.3. The number of rotatable bonds is 7. The van der Waals surface area contributed by atoms with E-state index in [4.69, 9.17) is 0 Å². The molecule has 0 aliphatic rings. The van der Waals surface area contributed by atoms with Gasteiger partial charge >= 0.3 is 0 Å². The van der Waals surface area contributed by atoms with Crippen LogP contribution in [0.25, 0.3) is 17.1 Å². The van der Waals surface area contributed by atoms with Crippen molar-refractivity contribution in [1.82, 2.24) is 20.2 Å². The third kappa shape index (κ3) is 5.10. The topological polar surface area (TPSA) is 72.2 Å². The normalized spacial score (nSPS) is 11.2. The lowest BCUT2D eigenvalue weighted by atomic mass is 10.1. The Bertz CT molecular complexity index is 1200. The number of thioether (sulfide) groups is 1. The lowest BCUT2D eigenvalue weighted by Crippen LogP contribution is -2.20. The van der Waals surface area contributed by atoms with Gasteiger partial charge in [-0.1, -0.05) is 59.8 Å². The van der Waals surface area contributed by atoms with Crippen LogP contribution in [0.3, 0.4) is 0 Å². The number of nitrogens with one attached hydrogen (secondary N) is 1. The molecule has 2 aromatic carbocycles. The number of aromatic nitrogens is 3. The number of para-hydroxylation sites is 1. The second-order valence-corrected chi connectivity index (χ2v) is 8.78. The van der Waals surface area contributed by atoms with E-state index in [1.807, 2.05) is 84.5 Å². The van der Waals surface area contributed by atoms with Crippen molar-refractivity contribution in [2.75, 3.05) is 5.75 Å². The van der Waals surface area contributed by atoms with E-state index >= 15 is 0 Å². The monoisotopic (exact) mass is 447 g/mol. The molecule has 1 amide bonds. The van der Waals surface area contributed by atoms with Crippen molar-refractivity contribution in [2.24, 2.45) is 5.10 Å². The highest BCUT2D eigenvalue weighted by Crippen LogP contribution is 2.28. The van der Waals surface area contributed by atoms with Crippen molar-refractivity contribution in [3.63, 3.8) is 0 Å². The maximum atomic E-state index is 12.3. The van der Waals surface area contributed by atoms with Crippen molar-refractivity contribution in [3.05, 3.63) is 82.0 Å². The summed E-state index contributed by atoms with van der Waals surface area (Å²) in [6.45, 7) is 4.06. The van der Waals surface area contributed by atoms with Crippen molar-refractivity contribution in [3.8, 4) is 17.1 Å². The minimum Gasteiger partial charge on any atom is -0.272 e. The van der Waals surface area contributed by atoms with Crippen LogP contribution in [0, 0.1) is 13.8 Å². The van der Waals surface area contributed by atoms with Gasteiger partial charge in [-0.3, -0.25) is 9.36 Å². The number of hydrogen-bond acceptors (Lipinski definition) is 6. The molecule has 6 nitrogen and oxygen atoms in total. The number of aryl methyl sites for hydroxylation is 2. The number of carbonyl (C=O) groups excluding carboxylic acids is 1. The van der Waals surface area contributed by atoms with Crippen LogP contribution in [0.4, 0.5) is 0 Å². The zero-order chi connectivity index (χ0) is 21.6. The van der Waals surface area contributed by atoms with Crippen molar-refractivity contribution >= 4 is 35.2 Å². The van der Waals surface area contributed by atoms with E-state index in [9.17, 15) is 4.79 Å².